The molecule has 9 nitrogen and oxygen atoms in total. The van der Waals surface area contributed by atoms with Crippen molar-refractivity contribution in [2.75, 3.05) is 17.9 Å². The fourth-order valence-corrected chi connectivity index (χ4v) is 3.74. The van der Waals surface area contributed by atoms with Gasteiger partial charge in [-0.25, -0.2) is 18.0 Å². The number of benzene rings is 1. The van der Waals surface area contributed by atoms with E-state index in [1.807, 2.05) is 6.92 Å². The summed E-state index contributed by atoms with van der Waals surface area (Å²) in [5.74, 6) is -1.34. The van der Waals surface area contributed by atoms with Gasteiger partial charge in [-0.05, 0) is 45.9 Å². The van der Waals surface area contributed by atoms with Crippen LogP contribution >= 0.6 is 0 Å². The van der Waals surface area contributed by atoms with Gasteiger partial charge in [0.15, 0.2) is 0 Å². The molecule has 28 heavy (non-hydrogen) atoms. The van der Waals surface area contributed by atoms with Gasteiger partial charge in [0.05, 0.1) is 35.7 Å². The molecule has 0 bridgehead atoms. The number of ether oxygens (including phenoxy) is 2. The van der Waals surface area contributed by atoms with E-state index >= 15 is 0 Å². The molecule has 1 aromatic carbocycles. The topological polar surface area (TPSA) is 117 Å². The molecule has 0 aliphatic carbocycles. The highest BCUT2D eigenvalue weighted by atomic mass is 32.2. The normalized spacial score (nSPS) is 11.1. The zero-order valence-electron chi connectivity index (χ0n) is 16.2. The number of carbonyl (C=O) groups is 2. The maximum atomic E-state index is 12.9. The Morgan fingerprint density at radius 1 is 1.11 bits per heavy atom. The number of aromatic nitrogens is 2. The molecule has 0 fully saturated rings. The van der Waals surface area contributed by atoms with Gasteiger partial charge in [-0.2, -0.15) is 5.10 Å². The zero-order valence-corrected chi connectivity index (χ0v) is 17.0. The largest absolute Gasteiger partial charge is 0.462 e. The molecule has 0 saturated heterocycles. The minimum absolute atomic E-state index is 0.0148. The third-order valence-corrected chi connectivity index (χ3v) is 5.25. The van der Waals surface area contributed by atoms with E-state index in [0.717, 1.165) is 0 Å². The molecule has 0 radical (unpaired) electrons. The highest BCUT2D eigenvalue weighted by molar-refractivity contribution is 7.92. The average Bonchev–Trinajstić information content (AvgIpc) is 3.03. The van der Waals surface area contributed by atoms with Crippen LogP contribution in [0, 0.1) is 6.92 Å². The lowest BCUT2D eigenvalue weighted by atomic mass is 10.1. The van der Waals surface area contributed by atoms with Gasteiger partial charge in [-0.1, -0.05) is 0 Å². The van der Waals surface area contributed by atoms with E-state index < -0.39 is 22.0 Å². The number of nitrogens with one attached hydrogen (secondary N) is 1. The van der Waals surface area contributed by atoms with E-state index in [1.54, 1.807) is 20.8 Å². The maximum absolute atomic E-state index is 12.9. The molecule has 0 aliphatic heterocycles. The lowest BCUT2D eigenvalue weighted by molar-refractivity contribution is 0.0512. The molecule has 0 unspecified atom stereocenters. The fourth-order valence-electron chi connectivity index (χ4n) is 2.48. The van der Waals surface area contributed by atoms with Crippen LogP contribution in [0.3, 0.4) is 0 Å². The van der Waals surface area contributed by atoms with Gasteiger partial charge in [0.1, 0.15) is 4.90 Å². The van der Waals surface area contributed by atoms with Gasteiger partial charge in [0.25, 0.3) is 10.0 Å². The lowest BCUT2D eigenvalue weighted by Crippen LogP contribution is -2.18. The van der Waals surface area contributed by atoms with Crippen LogP contribution in [0.4, 0.5) is 5.69 Å². The van der Waals surface area contributed by atoms with Crippen LogP contribution in [-0.2, 0) is 26.0 Å². The smallest absolute Gasteiger partial charge is 0.340 e. The standard InChI is InChI=1S/C18H23N3O6S/c1-5-21-11-16(12(4)19-21)28(24,25)20-15-10-13(17(22)26-6-2)8-9-14(15)18(23)27-7-3/h8-11,20H,5-7H2,1-4H3. The Bertz CT molecular complexity index is 981. The van der Waals surface area contributed by atoms with Crippen molar-refractivity contribution >= 4 is 27.6 Å². The van der Waals surface area contributed by atoms with E-state index in [9.17, 15) is 18.0 Å². The predicted molar refractivity (Wildman–Crippen MR) is 102 cm³/mol. The first-order valence-corrected chi connectivity index (χ1v) is 10.3. The highest BCUT2D eigenvalue weighted by Crippen LogP contribution is 2.24. The number of aryl methyl sites for hydroxylation is 2. The number of hydrogen-bond acceptors (Lipinski definition) is 7. The highest BCUT2D eigenvalue weighted by Gasteiger charge is 2.24. The summed E-state index contributed by atoms with van der Waals surface area (Å²) in [6.07, 6.45) is 1.40. The molecule has 0 atom stereocenters. The zero-order chi connectivity index (χ0) is 20.9. The van der Waals surface area contributed by atoms with E-state index in [2.05, 4.69) is 9.82 Å². The first-order valence-electron chi connectivity index (χ1n) is 8.78. The second-order valence-electron chi connectivity index (χ2n) is 5.74. The minimum atomic E-state index is -4.05. The summed E-state index contributed by atoms with van der Waals surface area (Å²) in [4.78, 5) is 24.2. The molecule has 2 aromatic rings. The number of rotatable bonds is 8. The first kappa shape index (κ1) is 21.4. The van der Waals surface area contributed by atoms with Gasteiger partial charge in [0, 0.05) is 12.7 Å². The van der Waals surface area contributed by atoms with Gasteiger partial charge in [0.2, 0.25) is 0 Å². The summed E-state index contributed by atoms with van der Waals surface area (Å²) >= 11 is 0. The van der Waals surface area contributed by atoms with Crippen LogP contribution in [0.25, 0.3) is 0 Å². The Morgan fingerprint density at radius 2 is 1.75 bits per heavy atom. The SMILES string of the molecule is CCOC(=O)c1ccc(C(=O)OCC)c(NS(=O)(=O)c2cn(CC)nc2C)c1. The number of sulfonamides is 1. The van der Waals surface area contributed by atoms with E-state index in [4.69, 9.17) is 9.47 Å². The average molecular weight is 409 g/mol. The summed E-state index contributed by atoms with van der Waals surface area (Å²) in [7, 11) is -4.05. The monoisotopic (exact) mass is 409 g/mol. The minimum Gasteiger partial charge on any atom is -0.462 e. The van der Waals surface area contributed by atoms with Crippen LogP contribution in [0.15, 0.2) is 29.3 Å². The van der Waals surface area contributed by atoms with Gasteiger partial charge >= 0.3 is 11.9 Å². The number of nitrogens with zero attached hydrogens (tertiary/aromatic N) is 2. The van der Waals surface area contributed by atoms with Crippen molar-refractivity contribution < 1.29 is 27.5 Å². The Morgan fingerprint density at radius 3 is 2.32 bits per heavy atom. The molecular formula is C18H23N3O6S. The molecule has 1 N–H and O–H groups in total. The maximum Gasteiger partial charge on any atom is 0.340 e. The number of esters is 2. The molecule has 0 spiro atoms. The Kier molecular flexibility index (Phi) is 6.79. The first-order chi connectivity index (χ1) is 13.2. The number of carbonyl (C=O) groups excluding carboxylic acids is 2. The second kappa shape index (κ2) is 8.87. The summed E-state index contributed by atoms with van der Waals surface area (Å²) in [6, 6.07) is 3.95. The molecule has 1 heterocycles. The molecule has 152 valence electrons. The van der Waals surface area contributed by atoms with Crippen molar-refractivity contribution in [3.8, 4) is 0 Å². The Labute approximate surface area is 163 Å². The lowest BCUT2D eigenvalue weighted by Gasteiger charge is -2.13. The molecule has 10 heteroatoms. The summed E-state index contributed by atoms with van der Waals surface area (Å²) in [5, 5.41) is 4.13. The summed E-state index contributed by atoms with van der Waals surface area (Å²) in [6.45, 7) is 7.48. The van der Waals surface area contributed by atoms with Crippen molar-refractivity contribution in [2.24, 2.45) is 0 Å². The molecule has 1 aromatic heterocycles. The second-order valence-corrected chi connectivity index (χ2v) is 7.39. The van der Waals surface area contributed by atoms with Gasteiger partial charge < -0.3 is 9.47 Å². The third-order valence-electron chi connectivity index (χ3n) is 3.79. The van der Waals surface area contributed by atoms with Crippen LogP contribution in [-0.4, -0.2) is 43.4 Å². The van der Waals surface area contributed by atoms with Crippen molar-refractivity contribution in [1.82, 2.24) is 9.78 Å². The summed E-state index contributed by atoms with van der Waals surface area (Å²) in [5.41, 5.74) is 0.328. The molecule has 0 aliphatic rings. The fraction of sp³-hybridized carbons (Fsp3) is 0.389. The van der Waals surface area contributed by atoms with Crippen LogP contribution in [0.1, 0.15) is 47.2 Å². The van der Waals surface area contributed by atoms with E-state index in [-0.39, 0.29) is 34.9 Å². The van der Waals surface area contributed by atoms with Crippen LogP contribution in [0.2, 0.25) is 0 Å². The van der Waals surface area contributed by atoms with Crippen molar-refractivity contribution in [3.63, 3.8) is 0 Å². The van der Waals surface area contributed by atoms with Crippen molar-refractivity contribution in [1.29, 1.82) is 0 Å². The van der Waals surface area contributed by atoms with Crippen molar-refractivity contribution in [2.45, 2.75) is 39.1 Å². The molecule has 0 saturated carbocycles. The quantitative estimate of drug-likeness (QED) is 0.665. The Balaban J connectivity index is 2.50. The van der Waals surface area contributed by atoms with Crippen molar-refractivity contribution in [3.05, 3.63) is 41.2 Å². The van der Waals surface area contributed by atoms with Crippen LogP contribution < -0.4 is 4.72 Å². The molecule has 2 rings (SSSR count). The van der Waals surface area contributed by atoms with E-state index in [0.29, 0.717) is 12.2 Å². The van der Waals surface area contributed by atoms with Gasteiger partial charge in [-0.3, -0.25) is 9.40 Å². The molecular weight excluding hydrogens is 386 g/mol. The van der Waals surface area contributed by atoms with Gasteiger partial charge in [-0.15, -0.1) is 0 Å². The Hall–Kier alpha value is -2.88. The summed E-state index contributed by atoms with van der Waals surface area (Å²) < 4.78 is 39.5. The van der Waals surface area contributed by atoms with Crippen LogP contribution in [0.5, 0.6) is 0 Å². The number of anilines is 1. The number of hydrogen-bond donors (Lipinski definition) is 1. The molecule has 0 amide bonds. The van der Waals surface area contributed by atoms with E-state index in [1.165, 1.54) is 29.1 Å². The predicted octanol–water partition coefficient (Wildman–Crippen LogP) is 2.37. The third kappa shape index (κ3) is 4.69.